The van der Waals surface area contributed by atoms with Crippen LogP contribution < -0.4 is 0 Å². The first-order valence-electron chi connectivity index (χ1n) is 19.8. The SMILES string of the molecule is c1ccc2cc(-c3nc(-c4ccc5c(c4)oc4ccccc45)nc(-n4c5ccccc5c5cccc(-c6ccc7sc8ccc9ccccc9c8c7c6)c54)n3)ccc2c1. The molecule has 0 aliphatic carbocycles. The Morgan fingerprint density at radius 2 is 1.07 bits per heavy atom. The molecule has 0 saturated heterocycles. The molecule has 0 N–H and O–H groups in total. The van der Waals surface area contributed by atoms with Gasteiger partial charge in [-0.25, -0.2) is 4.98 Å². The summed E-state index contributed by atoms with van der Waals surface area (Å²) in [6.07, 6.45) is 0. The van der Waals surface area contributed by atoms with E-state index in [-0.39, 0.29) is 0 Å². The van der Waals surface area contributed by atoms with Crippen LogP contribution >= 0.6 is 11.3 Å². The molecule has 4 aromatic heterocycles. The number of aromatic nitrogens is 4. The zero-order chi connectivity index (χ0) is 38.6. The summed E-state index contributed by atoms with van der Waals surface area (Å²) in [5.41, 5.74) is 7.74. The molecule has 9 aromatic carbocycles. The number of para-hydroxylation sites is 3. The molecule has 6 heteroatoms. The van der Waals surface area contributed by atoms with Crippen LogP contribution in [-0.2, 0) is 0 Å². The first kappa shape index (κ1) is 32.4. The average Bonchev–Trinajstić information content (AvgIpc) is 3.98. The highest BCUT2D eigenvalue weighted by atomic mass is 32.1. The van der Waals surface area contributed by atoms with Crippen molar-refractivity contribution in [2.75, 3.05) is 0 Å². The molecule has 59 heavy (non-hydrogen) atoms. The number of furan rings is 1. The van der Waals surface area contributed by atoms with E-state index in [9.17, 15) is 0 Å². The molecule has 0 radical (unpaired) electrons. The molecule has 0 unspecified atom stereocenters. The minimum atomic E-state index is 0.551. The third-order valence-electron chi connectivity index (χ3n) is 11.8. The van der Waals surface area contributed by atoms with Crippen LogP contribution in [0.1, 0.15) is 0 Å². The standard InChI is InChI=1S/C53H30N4OS/c1-2-12-33-28-35(21-20-31(33)10-1)51-54-52(36-22-25-41-40-15-6-8-19-45(40)58-46(41)30-36)56-53(55-51)57-44-18-7-5-14-39(44)42-17-9-16-38(50(42)57)34-24-26-47-43(29-34)49-37-13-4-3-11-32(37)23-27-48(49)59-47/h1-30H. The van der Waals surface area contributed by atoms with Gasteiger partial charge in [0, 0.05) is 58.4 Å². The van der Waals surface area contributed by atoms with Crippen molar-refractivity contribution in [3.05, 3.63) is 182 Å². The number of hydrogen-bond acceptors (Lipinski definition) is 5. The van der Waals surface area contributed by atoms with E-state index in [1.165, 1.54) is 30.9 Å². The lowest BCUT2D eigenvalue weighted by molar-refractivity contribution is 0.669. The lowest BCUT2D eigenvalue weighted by atomic mass is 9.98. The van der Waals surface area contributed by atoms with Crippen molar-refractivity contribution in [3.63, 3.8) is 0 Å². The number of rotatable bonds is 4. The summed E-state index contributed by atoms with van der Waals surface area (Å²) in [5, 5.41) is 11.8. The van der Waals surface area contributed by atoms with E-state index < -0.39 is 0 Å². The van der Waals surface area contributed by atoms with Gasteiger partial charge in [0.15, 0.2) is 11.6 Å². The van der Waals surface area contributed by atoms with Crippen molar-refractivity contribution in [3.8, 4) is 39.9 Å². The highest BCUT2D eigenvalue weighted by Gasteiger charge is 2.22. The summed E-state index contributed by atoms with van der Waals surface area (Å²) in [5.74, 6) is 1.72. The summed E-state index contributed by atoms with van der Waals surface area (Å²) in [6.45, 7) is 0. The fourth-order valence-electron chi connectivity index (χ4n) is 9.09. The van der Waals surface area contributed by atoms with Gasteiger partial charge in [-0.1, -0.05) is 133 Å². The van der Waals surface area contributed by atoms with Gasteiger partial charge in [0.25, 0.3) is 0 Å². The van der Waals surface area contributed by atoms with E-state index in [0.29, 0.717) is 17.6 Å². The van der Waals surface area contributed by atoms with Crippen LogP contribution in [0.2, 0.25) is 0 Å². The molecule has 0 amide bonds. The molecule has 5 nitrogen and oxygen atoms in total. The van der Waals surface area contributed by atoms with Gasteiger partial charge in [0.1, 0.15) is 11.2 Å². The Hall–Kier alpha value is -7.67. The Balaban J connectivity index is 1.09. The van der Waals surface area contributed by atoms with E-state index in [4.69, 9.17) is 19.4 Å². The third-order valence-corrected chi connectivity index (χ3v) is 13.0. The predicted molar refractivity (Wildman–Crippen MR) is 246 cm³/mol. The maximum absolute atomic E-state index is 6.36. The molecule has 0 atom stereocenters. The maximum Gasteiger partial charge on any atom is 0.238 e. The molecule has 0 aliphatic heterocycles. The van der Waals surface area contributed by atoms with Crippen LogP contribution in [0.15, 0.2) is 186 Å². The number of nitrogens with zero attached hydrogens (tertiary/aromatic N) is 4. The fourth-order valence-corrected chi connectivity index (χ4v) is 10.2. The molecular formula is C53H30N4OS. The van der Waals surface area contributed by atoms with Crippen molar-refractivity contribution in [2.24, 2.45) is 0 Å². The van der Waals surface area contributed by atoms with Gasteiger partial charge in [0.2, 0.25) is 5.95 Å². The van der Waals surface area contributed by atoms with Crippen molar-refractivity contribution in [1.82, 2.24) is 19.5 Å². The zero-order valence-corrected chi connectivity index (χ0v) is 32.2. The molecule has 0 fully saturated rings. The first-order chi connectivity index (χ1) is 29.2. The monoisotopic (exact) mass is 770 g/mol. The Morgan fingerprint density at radius 1 is 0.407 bits per heavy atom. The maximum atomic E-state index is 6.36. The number of thiophene rings is 1. The quantitative estimate of drug-likeness (QED) is 0.179. The molecule has 0 spiro atoms. The van der Waals surface area contributed by atoms with Crippen molar-refractivity contribution < 1.29 is 4.42 Å². The smallest absolute Gasteiger partial charge is 0.238 e. The van der Waals surface area contributed by atoms with Crippen LogP contribution in [0.3, 0.4) is 0 Å². The van der Waals surface area contributed by atoms with E-state index in [1.54, 1.807) is 0 Å². The molecule has 0 bridgehead atoms. The normalized spacial score (nSPS) is 12.1. The van der Waals surface area contributed by atoms with Crippen LogP contribution in [0, 0.1) is 0 Å². The zero-order valence-electron chi connectivity index (χ0n) is 31.4. The van der Waals surface area contributed by atoms with Gasteiger partial charge in [-0.3, -0.25) is 4.57 Å². The Bertz CT molecular complexity index is 3870. The van der Waals surface area contributed by atoms with Crippen molar-refractivity contribution in [2.45, 2.75) is 0 Å². The molecule has 0 saturated carbocycles. The summed E-state index contributed by atoms with van der Waals surface area (Å²) in [6, 6.07) is 64.5. The number of hydrogen-bond donors (Lipinski definition) is 0. The van der Waals surface area contributed by atoms with Crippen LogP contribution in [0.25, 0.3) is 125 Å². The van der Waals surface area contributed by atoms with Gasteiger partial charge in [0.05, 0.1) is 11.0 Å². The van der Waals surface area contributed by atoms with Gasteiger partial charge in [-0.05, 0) is 75.6 Å². The lowest BCUT2D eigenvalue weighted by Gasteiger charge is -2.13. The summed E-state index contributed by atoms with van der Waals surface area (Å²) in [7, 11) is 0. The molecule has 13 aromatic rings. The Labute approximate surface area is 341 Å². The van der Waals surface area contributed by atoms with Gasteiger partial charge in [-0.2, -0.15) is 9.97 Å². The Morgan fingerprint density at radius 3 is 1.97 bits per heavy atom. The lowest BCUT2D eigenvalue weighted by Crippen LogP contribution is -2.07. The largest absolute Gasteiger partial charge is 0.456 e. The predicted octanol–water partition coefficient (Wildman–Crippen LogP) is 14.5. The molecule has 4 heterocycles. The molecule has 274 valence electrons. The van der Waals surface area contributed by atoms with Crippen LogP contribution in [0.4, 0.5) is 0 Å². The van der Waals surface area contributed by atoms with Crippen molar-refractivity contribution >= 4 is 96.8 Å². The second-order valence-corrected chi connectivity index (χ2v) is 16.3. The minimum Gasteiger partial charge on any atom is -0.456 e. The highest BCUT2D eigenvalue weighted by Crippen LogP contribution is 2.43. The average molecular weight is 771 g/mol. The number of fused-ring (bicyclic) bond motifs is 12. The van der Waals surface area contributed by atoms with E-state index >= 15 is 0 Å². The highest BCUT2D eigenvalue weighted by molar-refractivity contribution is 7.26. The molecule has 13 rings (SSSR count). The van der Waals surface area contributed by atoms with Crippen LogP contribution in [0.5, 0.6) is 0 Å². The van der Waals surface area contributed by atoms with E-state index in [2.05, 4.69) is 168 Å². The minimum absolute atomic E-state index is 0.551. The van der Waals surface area contributed by atoms with Gasteiger partial charge < -0.3 is 4.42 Å². The van der Waals surface area contributed by atoms with E-state index in [1.807, 2.05) is 29.5 Å². The third kappa shape index (κ3) is 4.94. The topological polar surface area (TPSA) is 56.7 Å². The summed E-state index contributed by atoms with van der Waals surface area (Å²) in [4.78, 5) is 15.9. The number of benzene rings is 9. The Kier molecular flexibility index (Phi) is 6.82. The second-order valence-electron chi connectivity index (χ2n) is 15.2. The first-order valence-corrected chi connectivity index (χ1v) is 20.6. The fraction of sp³-hybridized carbons (Fsp3) is 0. The molecular weight excluding hydrogens is 741 g/mol. The second kappa shape index (κ2) is 12.4. The van der Waals surface area contributed by atoms with Gasteiger partial charge >= 0.3 is 0 Å². The molecule has 0 aliphatic rings. The van der Waals surface area contributed by atoms with Crippen LogP contribution in [-0.4, -0.2) is 19.5 Å². The summed E-state index contributed by atoms with van der Waals surface area (Å²) >= 11 is 1.85. The van der Waals surface area contributed by atoms with E-state index in [0.717, 1.165) is 76.8 Å². The van der Waals surface area contributed by atoms with Gasteiger partial charge in [-0.15, -0.1) is 11.3 Å². The van der Waals surface area contributed by atoms with Crippen molar-refractivity contribution in [1.29, 1.82) is 0 Å². The summed E-state index contributed by atoms with van der Waals surface area (Å²) < 4.78 is 11.2.